The summed E-state index contributed by atoms with van der Waals surface area (Å²) in [6.45, 7) is 1.69. The Morgan fingerprint density at radius 1 is 1.38 bits per heavy atom. The molecule has 1 aromatic carbocycles. The van der Waals surface area contributed by atoms with E-state index in [2.05, 4.69) is 0 Å². The van der Waals surface area contributed by atoms with Crippen molar-refractivity contribution in [2.45, 2.75) is 37.2 Å². The zero-order valence-corrected chi connectivity index (χ0v) is 14.6. The number of hydrogen-bond donors (Lipinski definition) is 2. The lowest BCUT2D eigenvalue weighted by Crippen LogP contribution is -2.55. The molecule has 2 atom stereocenters. The Morgan fingerprint density at radius 3 is 2.46 bits per heavy atom. The molecule has 7 nitrogen and oxygen atoms in total. The van der Waals surface area contributed by atoms with Gasteiger partial charge in [-0.15, -0.1) is 0 Å². The van der Waals surface area contributed by atoms with Crippen LogP contribution in [-0.4, -0.2) is 55.2 Å². The Morgan fingerprint density at radius 2 is 2.00 bits per heavy atom. The molecule has 0 spiro atoms. The lowest BCUT2D eigenvalue weighted by atomic mass is 9.73. The highest BCUT2D eigenvalue weighted by Crippen LogP contribution is 2.38. The monoisotopic (exact) mass is 357 g/mol. The highest BCUT2D eigenvalue weighted by Gasteiger charge is 2.49. The predicted molar refractivity (Wildman–Crippen MR) is 87.4 cm³/mol. The van der Waals surface area contributed by atoms with Gasteiger partial charge in [0.05, 0.1) is 23.5 Å². The van der Waals surface area contributed by atoms with Crippen molar-refractivity contribution in [3.8, 4) is 5.75 Å². The Hall–Kier alpha value is -1.64. The molecule has 0 unspecified atom stereocenters. The fourth-order valence-electron chi connectivity index (χ4n) is 3.16. The van der Waals surface area contributed by atoms with E-state index in [9.17, 15) is 23.4 Å². The third-order valence-electron chi connectivity index (χ3n) is 4.64. The molecule has 24 heavy (non-hydrogen) atoms. The minimum Gasteiger partial charge on any atom is -0.497 e. The molecule has 0 amide bonds. The van der Waals surface area contributed by atoms with Crippen molar-refractivity contribution in [1.82, 2.24) is 4.31 Å². The van der Waals surface area contributed by atoms with Gasteiger partial charge in [0.15, 0.2) is 0 Å². The summed E-state index contributed by atoms with van der Waals surface area (Å²) in [5, 5.41) is 19.9. The lowest BCUT2D eigenvalue weighted by Gasteiger charge is -2.42. The van der Waals surface area contributed by atoms with E-state index in [4.69, 9.17) is 4.74 Å². The van der Waals surface area contributed by atoms with Crippen molar-refractivity contribution in [1.29, 1.82) is 0 Å². The van der Waals surface area contributed by atoms with Gasteiger partial charge in [-0.2, -0.15) is 4.31 Å². The van der Waals surface area contributed by atoms with Crippen LogP contribution < -0.4 is 4.74 Å². The van der Waals surface area contributed by atoms with Gasteiger partial charge in [-0.05, 0) is 37.1 Å². The number of hydrogen-bond acceptors (Lipinski definition) is 5. The number of piperidine rings is 1. The molecule has 1 aromatic rings. The van der Waals surface area contributed by atoms with Crippen molar-refractivity contribution >= 4 is 16.0 Å². The SMILES string of the molecule is CCC[C@]1(C(=O)O)CCN(S(=O)(=O)c2ccc(OC)cc2)C[C@@H]1O. The van der Waals surface area contributed by atoms with Crippen LogP contribution in [0.5, 0.6) is 5.75 Å². The molecule has 2 N–H and O–H groups in total. The number of carboxylic acid groups (broad SMARTS) is 1. The number of carboxylic acids is 1. The molecule has 134 valence electrons. The van der Waals surface area contributed by atoms with Gasteiger partial charge < -0.3 is 14.9 Å². The van der Waals surface area contributed by atoms with Crippen LogP contribution in [0, 0.1) is 5.41 Å². The van der Waals surface area contributed by atoms with Gasteiger partial charge in [0, 0.05) is 13.1 Å². The number of benzene rings is 1. The zero-order chi connectivity index (χ0) is 18.0. The van der Waals surface area contributed by atoms with Gasteiger partial charge in [0.2, 0.25) is 10.0 Å². The van der Waals surface area contributed by atoms with Crippen LogP contribution in [0.4, 0.5) is 0 Å². The number of ether oxygens (including phenoxy) is 1. The van der Waals surface area contributed by atoms with E-state index in [0.717, 1.165) is 4.31 Å². The van der Waals surface area contributed by atoms with Gasteiger partial charge in [0.1, 0.15) is 5.75 Å². The molecule has 0 aliphatic carbocycles. The van der Waals surface area contributed by atoms with Crippen LogP contribution in [0.25, 0.3) is 0 Å². The van der Waals surface area contributed by atoms with Gasteiger partial charge in [-0.1, -0.05) is 13.3 Å². The lowest BCUT2D eigenvalue weighted by molar-refractivity contribution is -0.162. The summed E-state index contributed by atoms with van der Waals surface area (Å²) in [6.07, 6.45) is -0.224. The summed E-state index contributed by atoms with van der Waals surface area (Å²) in [5.74, 6) is -0.529. The first-order chi connectivity index (χ1) is 11.3. The summed E-state index contributed by atoms with van der Waals surface area (Å²) in [5.41, 5.74) is -1.28. The molecule has 1 aliphatic heterocycles. The average molecular weight is 357 g/mol. The molecule has 0 radical (unpaired) electrons. The third-order valence-corrected chi connectivity index (χ3v) is 6.52. The summed E-state index contributed by atoms with van der Waals surface area (Å²) >= 11 is 0. The van der Waals surface area contributed by atoms with Crippen LogP contribution >= 0.6 is 0 Å². The smallest absolute Gasteiger partial charge is 0.312 e. The minimum atomic E-state index is -3.79. The third kappa shape index (κ3) is 3.26. The predicted octanol–water partition coefficient (Wildman–Crippen LogP) is 1.32. The van der Waals surface area contributed by atoms with E-state index in [1.165, 1.54) is 19.2 Å². The van der Waals surface area contributed by atoms with Gasteiger partial charge in [-0.3, -0.25) is 4.79 Å². The van der Waals surface area contributed by atoms with Crippen molar-refractivity contribution in [3.63, 3.8) is 0 Å². The maximum absolute atomic E-state index is 12.7. The number of sulfonamides is 1. The number of carbonyl (C=O) groups is 1. The van der Waals surface area contributed by atoms with Crippen molar-refractivity contribution in [2.24, 2.45) is 5.41 Å². The Kier molecular flexibility index (Phi) is 5.52. The van der Waals surface area contributed by atoms with Crippen LogP contribution in [-0.2, 0) is 14.8 Å². The van der Waals surface area contributed by atoms with Crippen molar-refractivity contribution < 1.29 is 28.2 Å². The van der Waals surface area contributed by atoms with Crippen molar-refractivity contribution in [2.75, 3.05) is 20.2 Å². The number of nitrogens with zero attached hydrogens (tertiary/aromatic N) is 1. The summed E-state index contributed by atoms with van der Waals surface area (Å²) in [7, 11) is -2.30. The van der Waals surface area contributed by atoms with Crippen LogP contribution in [0.2, 0.25) is 0 Å². The van der Waals surface area contributed by atoms with E-state index in [-0.39, 0.29) is 24.4 Å². The Labute approximate surface area is 141 Å². The number of aliphatic hydroxyl groups excluding tert-OH is 1. The van der Waals surface area contributed by atoms with Gasteiger partial charge >= 0.3 is 5.97 Å². The first-order valence-electron chi connectivity index (χ1n) is 7.83. The molecule has 1 heterocycles. The Bertz CT molecular complexity index is 687. The van der Waals surface area contributed by atoms with Crippen LogP contribution in [0.3, 0.4) is 0 Å². The van der Waals surface area contributed by atoms with Crippen LogP contribution in [0.1, 0.15) is 26.2 Å². The second kappa shape index (κ2) is 7.08. The summed E-state index contributed by atoms with van der Waals surface area (Å²) in [6, 6.07) is 5.97. The number of rotatable bonds is 6. The number of methoxy groups -OCH3 is 1. The quantitative estimate of drug-likeness (QED) is 0.796. The van der Waals surface area contributed by atoms with Crippen molar-refractivity contribution in [3.05, 3.63) is 24.3 Å². The minimum absolute atomic E-state index is 0.0672. The molecule has 0 saturated carbocycles. The maximum atomic E-state index is 12.7. The summed E-state index contributed by atoms with van der Waals surface area (Å²) in [4.78, 5) is 11.7. The second-order valence-electron chi connectivity index (χ2n) is 6.02. The molecular formula is C16H23NO6S. The summed E-state index contributed by atoms with van der Waals surface area (Å²) < 4.78 is 31.6. The molecule has 1 fully saturated rings. The van der Waals surface area contributed by atoms with E-state index in [1.54, 1.807) is 12.1 Å². The molecular weight excluding hydrogens is 334 g/mol. The fourth-order valence-corrected chi connectivity index (χ4v) is 4.61. The molecule has 2 rings (SSSR count). The second-order valence-corrected chi connectivity index (χ2v) is 7.95. The topological polar surface area (TPSA) is 104 Å². The fraction of sp³-hybridized carbons (Fsp3) is 0.562. The molecule has 1 aliphatic rings. The first-order valence-corrected chi connectivity index (χ1v) is 9.27. The van der Waals surface area contributed by atoms with Crippen LogP contribution in [0.15, 0.2) is 29.2 Å². The van der Waals surface area contributed by atoms with E-state index >= 15 is 0 Å². The number of aliphatic carboxylic acids is 1. The maximum Gasteiger partial charge on any atom is 0.312 e. The zero-order valence-electron chi connectivity index (χ0n) is 13.8. The average Bonchev–Trinajstić information content (AvgIpc) is 2.56. The molecule has 0 bridgehead atoms. The van der Waals surface area contributed by atoms with E-state index in [1.807, 2.05) is 6.92 Å². The number of aliphatic hydroxyl groups is 1. The van der Waals surface area contributed by atoms with Gasteiger partial charge in [0.25, 0.3) is 0 Å². The highest BCUT2D eigenvalue weighted by atomic mass is 32.2. The normalized spacial score (nSPS) is 25.4. The molecule has 8 heteroatoms. The first kappa shape index (κ1) is 18.7. The standard InChI is InChI=1S/C16H23NO6S/c1-3-8-16(15(19)20)9-10-17(11-14(16)18)24(21,22)13-6-4-12(23-2)5-7-13/h4-7,14,18H,3,8-11H2,1-2H3,(H,19,20)/t14-,16-/m0/s1. The van der Waals surface area contributed by atoms with Gasteiger partial charge in [-0.25, -0.2) is 8.42 Å². The largest absolute Gasteiger partial charge is 0.497 e. The highest BCUT2D eigenvalue weighted by molar-refractivity contribution is 7.89. The van der Waals surface area contributed by atoms with E-state index < -0.39 is 27.5 Å². The molecule has 0 aromatic heterocycles. The Balaban J connectivity index is 2.23. The number of β-amino-alcohol motifs (C(OH)–C–C–N with tert-alkyl or cyclic N) is 1. The molecule has 1 saturated heterocycles. The van der Waals surface area contributed by atoms with E-state index in [0.29, 0.717) is 18.6 Å².